The van der Waals surface area contributed by atoms with Crippen LogP contribution < -0.4 is 10.6 Å². The third kappa shape index (κ3) is 3.96. The average Bonchev–Trinajstić information content (AvgIpc) is 3.25. The molecule has 1 saturated heterocycles. The maximum absolute atomic E-state index is 12.3. The quantitative estimate of drug-likeness (QED) is 0.752. The van der Waals surface area contributed by atoms with Crippen molar-refractivity contribution in [3.05, 3.63) is 34.3 Å². The lowest BCUT2D eigenvalue weighted by Crippen LogP contribution is -2.11. The van der Waals surface area contributed by atoms with Gasteiger partial charge in [-0.3, -0.25) is 14.3 Å². The van der Waals surface area contributed by atoms with E-state index in [0.717, 1.165) is 13.0 Å². The molecule has 0 aromatic carbocycles. The minimum atomic E-state index is -0.877. The first-order valence-electron chi connectivity index (χ1n) is 7.50. The number of hydrogen-bond donors (Lipinski definition) is 3. The van der Waals surface area contributed by atoms with E-state index < -0.39 is 5.97 Å². The molecule has 23 heavy (non-hydrogen) atoms. The molecule has 0 aliphatic carbocycles. The highest BCUT2D eigenvalue weighted by atomic mass is 32.1. The van der Waals surface area contributed by atoms with Gasteiger partial charge in [-0.15, -0.1) is 11.3 Å². The second-order valence-corrected chi connectivity index (χ2v) is 6.56. The highest BCUT2D eigenvalue weighted by Gasteiger charge is 2.19. The van der Waals surface area contributed by atoms with Gasteiger partial charge in [0.1, 0.15) is 0 Å². The molecule has 2 aromatic rings. The van der Waals surface area contributed by atoms with Crippen LogP contribution in [0.15, 0.2) is 24.5 Å². The molecule has 1 aliphatic rings. The molecule has 3 rings (SSSR count). The van der Waals surface area contributed by atoms with E-state index in [1.54, 1.807) is 6.20 Å². The molecule has 1 unspecified atom stereocenters. The summed E-state index contributed by atoms with van der Waals surface area (Å²) in [6, 6.07) is 4.20. The molecule has 0 saturated carbocycles. The fourth-order valence-electron chi connectivity index (χ4n) is 2.54. The van der Waals surface area contributed by atoms with Gasteiger partial charge in [-0.2, -0.15) is 5.10 Å². The van der Waals surface area contributed by atoms with Gasteiger partial charge in [-0.25, -0.2) is 0 Å². The zero-order valence-corrected chi connectivity index (χ0v) is 13.3. The summed E-state index contributed by atoms with van der Waals surface area (Å²) in [6.45, 7) is 1.31. The number of rotatable bonds is 6. The van der Waals surface area contributed by atoms with Gasteiger partial charge in [0.15, 0.2) is 0 Å². The number of amides is 1. The minimum Gasteiger partial charge on any atom is -0.481 e. The molecule has 7 nitrogen and oxygen atoms in total. The lowest BCUT2D eigenvalue weighted by molar-refractivity contribution is -0.137. The van der Waals surface area contributed by atoms with E-state index in [1.165, 1.54) is 33.5 Å². The average molecular weight is 334 g/mol. The Hall–Kier alpha value is -2.19. The molecular weight excluding hydrogens is 316 g/mol. The Labute approximate surface area is 137 Å². The fourth-order valence-corrected chi connectivity index (χ4v) is 3.56. The van der Waals surface area contributed by atoms with Crippen molar-refractivity contribution in [1.29, 1.82) is 0 Å². The number of anilines is 1. The van der Waals surface area contributed by atoms with E-state index in [0.29, 0.717) is 16.6 Å². The Morgan fingerprint density at radius 2 is 2.35 bits per heavy atom. The molecule has 0 radical (unpaired) electrons. The Bertz CT molecular complexity index is 703. The summed E-state index contributed by atoms with van der Waals surface area (Å²) < 4.78 is 1.51. The topological polar surface area (TPSA) is 96.2 Å². The molecule has 2 aromatic heterocycles. The first kappa shape index (κ1) is 15.7. The van der Waals surface area contributed by atoms with Crippen molar-refractivity contribution in [2.45, 2.75) is 31.8 Å². The molecule has 0 spiro atoms. The highest BCUT2D eigenvalue weighted by Crippen LogP contribution is 2.29. The van der Waals surface area contributed by atoms with E-state index in [-0.39, 0.29) is 18.9 Å². The zero-order chi connectivity index (χ0) is 16.2. The summed E-state index contributed by atoms with van der Waals surface area (Å²) in [4.78, 5) is 24.6. The lowest BCUT2D eigenvalue weighted by Gasteiger charge is -2.05. The molecule has 8 heteroatoms. The maximum atomic E-state index is 12.3. The molecule has 1 amide bonds. The van der Waals surface area contributed by atoms with E-state index in [1.807, 2.05) is 12.1 Å². The van der Waals surface area contributed by atoms with E-state index in [4.69, 9.17) is 5.11 Å². The van der Waals surface area contributed by atoms with Crippen molar-refractivity contribution < 1.29 is 14.7 Å². The Kier molecular flexibility index (Phi) is 4.73. The smallest absolute Gasteiger partial charge is 0.305 e. The number of nitrogens with one attached hydrogen (secondary N) is 2. The fraction of sp³-hybridized carbons (Fsp3) is 0.400. The first-order chi connectivity index (χ1) is 11.1. The Morgan fingerprint density at radius 1 is 1.48 bits per heavy atom. The summed E-state index contributed by atoms with van der Waals surface area (Å²) >= 11 is 1.50. The van der Waals surface area contributed by atoms with Crippen LogP contribution in [0.5, 0.6) is 0 Å². The van der Waals surface area contributed by atoms with Crippen LogP contribution in [-0.2, 0) is 11.3 Å². The molecule has 3 heterocycles. The lowest BCUT2D eigenvalue weighted by atomic mass is 10.2. The van der Waals surface area contributed by atoms with E-state index in [9.17, 15) is 9.59 Å². The number of aromatic nitrogens is 2. The molecule has 122 valence electrons. The number of aliphatic carboxylic acids is 1. The summed E-state index contributed by atoms with van der Waals surface area (Å²) in [5.74, 6) is -1.05. The van der Waals surface area contributed by atoms with Crippen LogP contribution in [0.2, 0.25) is 0 Å². The summed E-state index contributed by atoms with van der Waals surface area (Å²) in [5.41, 5.74) is 0.564. The molecule has 1 fully saturated rings. The maximum Gasteiger partial charge on any atom is 0.305 e. The summed E-state index contributed by atoms with van der Waals surface area (Å²) in [5, 5.41) is 18.9. The third-order valence-corrected chi connectivity index (χ3v) is 4.90. The zero-order valence-electron chi connectivity index (χ0n) is 12.5. The molecular formula is C15H18N4O3S. The van der Waals surface area contributed by atoms with Crippen LogP contribution >= 0.6 is 11.3 Å². The van der Waals surface area contributed by atoms with Gasteiger partial charge in [0.2, 0.25) is 0 Å². The standard InChI is InChI=1S/C15H18N4O3S/c20-14(21)5-7-19-9-10(8-17-19)18-15(22)13-4-3-12(23-13)11-2-1-6-16-11/h3-4,8-9,11,16H,1-2,5-7H2,(H,18,22)(H,20,21). The van der Waals surface area contributed by atoms with Gasteiger partial charge in [0, 0.05) is 17.1 Å². The number of carbonyl (C=O) groups is 2. The van der Waals surface area contributed by atoms with Gasteiger partial charge >= 0.3 is 5.97 Å². The van der Waals surface area contributed by atoms with Crippen LogP contribution in [0.4, 0.5) is 5.69 Å². The van der Waals surface area contributed by atoms with Gasteiger partial charge in [-0.1, -0.05) is 0 Å². The largest absolute Gasteiger partial charge is 0.481 e. The Morgan fingerprint density at radius 3 is 3.09 bits per heavy atom. The molecule has 0 bridgehead atoms. The van der Waals surface area contributed by atoms with Crippen molar-refractivity contribution in [2.24, 2.45) is 0 Å². The van der Waals surface area contributed by atoms with Crippen molar-refractivity contribution in [3.8, 4) is 0 Å². The predicted octanol–water partition coefficient (Wildman–Crippen LogP) is 2.10. The minimum absolute atomic E-state index is 0.00224. The van der Waals surface area contributed by atoms with Crippen molar-refractivity contribution in [3.63, 3.8) is 0 Å². The predicted molar refractivity (Wildman–Crippen MR) is 86.7 cm³/mol. The summed E-state index contributed by atoms with van der Waals surface area (Å²) in [7, 11) is 0. The van der Waals surface area contributed by atoms with Crippen molar-refractivity contribution in [1.82, 2.24) is 15.1 Å². The number of hydrogen-bond acceptors (Lipinski definition) is 5. The van der Waals surface area contributed by atoms with Crippen LogP contribution in [-0.4, -0.2) is 33.3 Å². The first-order valence-corrected chi connectivity index (χ1v) is 8.32. The normalized spacial score (nSPS) is 17.3. The summed E-state index contributed by atoms with van der Waals surface area (Å²) in [6.07, 6.45) is 5.43. The second-order valence-electron chi connectivity index (χ2n) is 5.44. The number of aryl methyl sites for hydroxylation is 1. The molecule has 3 N–H and O–H groups in total. The number of nitrogens with zero attached hydrogens (tertiary/aromatic N) is 2. The number of thiophene rings is 1. The van der Waals surface area contributed by atoms with Crippen LogP contribution in [0.1, 0.15) is 39.9 Å². The number of carboxylic acids is 1. The van der Waals surface area contributed by atoms with E-state index in [2.05, 4.69) is 15.7 Å². The second kappa shape index (κ2) is 6.93. The van der Waals surface area contributed by atoms with Gasteiger partial charge < -0.3 is 15.7 Å². The van der Waals surface area contributed by atoms with Crippen molar-refractivity contribution >= 4 is 28.9 Å². The monoisotopic (exact) mass is 334 g/mol. The van der Waals surface area contributed by atoms with E-state index >= 15 is 0 Å². The van der Waals surface area contributed by atoms with Crippen molar-refractivity contribution in [2.75, 3.05) is 11.9 Å². The Balaban J connectivity index is 1.59. The van der Waals surface area contributed by atoms with Gasteiger partial charge in [-0.05, 0) is 31.5 Å². The van der Waals surface area contributed by atoms with Gasteiger partial charge in [0.25, 0.3) is 5.91 Å². The SMILES string of the molecule is O=C(O)CCn1cc(NC(=O)c2ccc(C3CCCN3)s2)cn1. The van der Waals surface area contributed by atoms with Gasteiger partial charge in [0.05, 0.1) is 29.7 Å². The third-order valence-electron chi connectivity index (χ3n) is 3.70. The molecule has 1 atom stereocenters. The number of carboxylic acid groups (broad SMARTS) is 1. The highest BCUT2D eigenvalue weighted by molar-refractivity contribution is 7.14. The molecule has 1 aliphatic heterocycles. The van der Waals surface area contributed by atoms with Crippen LogP contribution in [0, 0.1) is 0 Å². The van der Waals surface area contributed by atoms with Crippen LogP contribution in [0.3, 0.4) is 0 Å². The van der Waals surface area contributed by atoms with Crippen LogP contribution in [0.25, 0.3) is 0 Å². The number of carbonyl (C=O) groups excluding carboxylic acids is 1.